The Morgan fingerprint density at radius 1 is 1.38 bits per heavy atom. The monoisotopic (exact) mass is 258 g/mol. The molecule has 0 amide bonds. The summed E-state index contributed by atoms with van der Waals surface area (Å²) in [6, 6.07) is 0. The lowest BCUT2D eigenvalue weighted by molar-refractivity contribution is 0.284. The van der Waals surface area contributed by atoms with Crippen LogP contribution in [0.1, 0.15) is 23.9 Å². The first kappa shape index (κ1) is 12.2. The molecule has 0 saturated carbocycles. The van der Waals surface area contributed by atoms with Gasteiger partial charge in [0.1, 0.15) is 0 Å². The zero-order chi connectivity index (χ0) is 11.4. The Morgan fingerprint density at radius 2 is 2.25 bits per heavy atom. The molecule has 1 aliphatic heterocycles. The Bertz CT molecular complexity index is 311. The van der Waals surface area contributed by atoms with Crippen molar-refractivity contribution in [1.82, 2.24) is 4.98 Å². The van der Waals surface area contributed by atoms with Crippen LogP contribution in [0.3, 0.4) is 0 Å². The van der Waals surface area contributed by atoms with E-state index in [-0.39, 0.29) is 6.61 Å². The Balaban J connectivity index is 2.15. The van der Waals surface area contributed by atoms with Gasteiger partial charge in [-0.05, 0) is 18.6 Å². The minimum Gasteiger partial charge on any atom is -0.391 e. The molecule has 5 heteroatoms. The van der Waals surface area contributed by atoms with Crippen LogP contribution in [0.5, 0.6) is 0 Å². The third-order valence-corrected chi connectivity index (χ3v) is 4.93. The summed E-state index contributed by atoms with van der Waals surface area (Å²) in [4.78, 5) is 8.04. The maximum atomic E-state index is 9.26. The van der Waals surface area contributed by atoms with Gasteiger partial charge in [0.15, 0.2) is 5.13 Å². The standard InChI is InChI=1S/C11H18N2OS2/c1-2-9-10(8-14)16-11(12-9)13-4-3-6-15-7-5-13/h14H,2-8H2,1H3. The molecule has 1 aromatic rings. The summed E-state index contributed by atoms with van der Waals surface area (Å²) >= 11 is 3.68. The summed E-state index contributed by atoms with van der Waals surface area (Å²) in [6.07, 6.45) is 2.15. The van der Waals surface area contributed by atoms with Gasteiger partial charge < -0.3 is 10.0 Å². The van der Waals surface area contributed by atoms with Gasteiger partial charge in [-0.15, -0.1) is 0 Å². The number of hydrogen-bond donors (Lipinski definition) is 1. The maximum absolute atomic E-state index is 9.26. The molecule has 1 saturated heterocycles. The van der Waals surface area contributed by atoms with E-state index in [4.69, 9.17) is 0 Å². The van der Waals surface area contributed by atoms with E-state index in [1.165, 1.54) is 17.9 Å². The number of nitrogens with zero attached hydrogens (tertiary/aromatic N) is 2. The van der Waals surface area contributed by atoms with Crippen LogP contribution in [0.2, 0.25) is 0 Å². The lowest BCUT2D eigenvalue weighted by atomic mass is 10.3. The number of aliphatic hydroxyl groups is 1. The molecule has 2 heterocycles. The minimum atomic E-state index is 0.128. The average Bonchev–Trinajstić information content (AvgIpc) is 2.54. The summed E-state index contributed by atoms with van der Waals surface area (Å²) in [5, 5.41) is 10.4. The molecule has 0 radical (unpaired) electrons. The SMILES string of the molecule is CCc1nc(N2CCCSCC2)sc1CO. The number of aromatic nitrogens is 1. The van der Waals surface area contributed by atoms with Crippen LogP contribution < -0.4 is 4.90 Å². The van der Waals surface area contributed by atoms with E-state index in [0.29, 0.717) is 0 Å². The molecular weight excluding hydrogens is 240 g/mol. The lowest BCUT2D eigenvalue weighted by Crippen LogP contribution is -2.25. The van der Waals surface area contributed by atoms with Crippen molar-refractivity contribution in [3.63, 3.8) is 0 Å². The summed E-state index contributed by atoms with van der Waals surface area (Å²) in [6.45, 7) is 4.42. The fraction of sp³-hybridized carbons (Fsp3) is 0.727. The molecule has 3 nitrogen and oxygen atoms in total. The minimum absolute atomic E-state index is 0.128. The van der Waals surface area contributed by atoms with Gasteiger partial charge in [-0.3, -0.25) is 0 Å². The zero-order valence-electron chi connectivity index (χ0n) is 9.61. The quantitative estimate of drug-likeness (QED) is 0.901. The van der Waals surface area contributed by atoms with Crippen molar-refractivity contribution >= 4 is 28.2 Å². The van der Waals surface area contributed by atoms with Crippen LogP contribution in [0, 0.1) is 0 Å². The molecule has 1 N–H and O–H groups in total. The molecule has 1 aromatic heterocycles. The van der Waals surface area contributed by atoms with Gasteiger partial charge in [0, 0.05) is 18.8 Å². The van der Waals surface area contributed by atoms with E-state index in [0.717, 1.165) is 35.2 Å². The summed E-state index contributed by atoms with van der Waals surface area (Å²) < 4.78 is 0. The van der Waals surface area contributed by atoms with E-state index < -0.39 is 0 Å². The highest BCUT2D eigenvalue weighted by Gasteiger charge is 2.16. The van der Waals surface area contributed by atoms with Gasteiger partial charge in [-0.25, -0.2) is 4.98 Å². The van der Waals surface area contributed by atoms with Crippen molar-refractivity contribution in [3.8, 4) is 0 Å². The van der Waals surface area contributed by atoms with Crippen molar-refractivity contribution in [2.75, 3.05) is 29.5 Å². The summed E-state index contributed by atoms with van der Waals surface area (Å²) in [5.74, 6) is 2.45. The molecule has 0 aliphatic carbocycles. The highest BCUT2D eigenvalue weighted by atomic mass is 32.2. The normalized spacial score (nSPS) is 17.5. The van der Waals surface area contributed by atoms with Crippen LogP contribution in [0.25, 0.3) is 0 Å². The first-order valence-electron chi connectivity index (χ1n) is 5.77. The van der Waals surface area contributed by atoms with E-state index in [1.54, 1.807) is 11.3 Å². The zero-order valence-corrected chi connectivity index (χ0v) is 11.2. The van der Waals surface area contributed by atoms with E-state index in [2.05, 4.69) is 16.8 Å². The molecule has 0 atom stereocenters. The molecule has 0 unspecified atom stereocenters. The Kier molecular flexibility index (Phi) is 4.49. The Labute approximate surface area is 105 Å². The fourth-order valence-electron chi connectivity index (χ4n) is 1.84. The molecule has 16 heavy (non-hydrogen) atoms. The first-order chi connectivity index (χ1) is 7.85. The number of aliphatic hydroxyl groups excluding tert-OH is 1. The van der Waals surface area contributed by atoms with Gasteiger partial charge >= 0.3 is 0 Å². The van der Waals surface area contributed by atoms with Gasteiger partial charge in [0.25, 0.3) is 0 Å². The largest absolute Gasteiger partial charge is 0.391 e. The lowest BCUT2D eigenvalue weighted by Gasteiger charge is -2.18. The van der Waals surface area contributed by atoms with Gasteiger partial charge in [0.2, 0.25) is 0 Å². The first-order valence-corrected chi connectivity index (χ1v) is 7.74. The molecular formula is C11H18N2OS2. The van der Waals surface area contributed by atoms with Crippen molar-refractivity contribution in [2.45, 2.75) is 26.4 Å². The van der Waals surface area contributed by atoms with Crippen LogP contribution in [0.4, 0.5) is 5.13 Å². The molecule has 1 aliphatic rings. The Hall–Kier alpha value is -0.260. The third-order valence-electron chi connectivity index (χ3n) is 2.74. The van der Waals surface area contributed by atoms with Gasteiger partial charge in [-0.1, -0.05) is 18.3 Å². The van der Waals surface area contributed by atoms with E-state index >= 15 is 0 Å². The third kappa shape index (κ3) is 2.70. The maximum Gasteiger partial charge on any atom is 0.185 e. The molecule has 0 spiro atoms. The van der Waals surface area contributed by atoms with Gasteiger partial charge in [0.05, 0.1) is 17.2 Å². The summed E-state index contributed by atoms with van der Waals surface area (Å²) in [5.41, 5.74) is 1.07. The van der Waals surface area contributed by atoms with Crippen LogP contribution in [-0.4, -0.2) is 34.7 Å². The molecule has 2 rings (SSSR count). The van der Waals surface area contributed by atoms with Crippen molar-refractivity contribution < 1.29 is 5.11 Å². The predicted octanol–water partition coefficient (Wildman–Crippen LogP) is 2.14. The molecule has 0 aromatic carbocycles. The number of rotatable bonds is 3. The van der Waals surface area contributed by atoms with Crippen molar-refractivity contribution in [3.05, 3.63) is 10.6 Å². The summed E-state index contributed by atoms with van der Waals surface area (Å²) in [7, 11) is 0. The molecule has 1 fully saturated rings. The molecule has 0 bridgehead atoms. The number of thiazole rings is 1. The highest BCUT2D eigenvalue weighted by Crippen LogP contribution is 2.28. The fourth-order valence-corrected chi connectivity index (χ4v) is 3.79. The number of aryl methyl sites for hydroxylation is 1. The number of hydrogen-bond acceptors (Lipinski definition) is 5. The van der Waals surface area contributed by atoms with Crippen molar-refractivity contribution in [1.29, 1.82) is 0 Å². The molecule has 90 valence electrons. The van der Waals surface area contributed by atoms with Crippen LogP contribution in [-0.2, 0) is 13.0 Å². The van der Waals surface area contributed by atoms with Crippen LogP contribution >= 0.6 is 23.1 Å². The second-order valence-corrected chi connectivity index (χ2v) is 6.12. The number of thioether (sulfide) groups is 1. The van der Waals surface area contributed by atoms with Crippen molar-refractivity contribution in [2.24, 2.45) is 0 Å². The van der Waals surface area contributed by atoms with E-state index in [1.807, 2.05) is 11.8 Å². The Morgan fingerprint density at radius 3 is 2.94 bits per heavy atom. The number of anilines is 1. The predicted molar refractivity (Wildman–Crippen MR) is 71.6 cm³/mol. The highest BCUT2D eigenvalue weighted by molar-refractivity contribution is 7.99. The van der Waals surface area contributed by atoms with Gasteiger partial charge in [-0.2, -0.15) is 11.8 Å². The van der Waals surface area contributed by atoms with E-state index in [9.17, 15) is 5.11 Å². The van der Waals surface area contributed by atoms with Crippen LogP contribution in [0.15, 0.2) is 0 Å². The average molecular weight is 258 g/mol. The smallest absolute Gasteiger partial charge is 0.185 e. The topological polar surface area (TPSA) is 36.4 Å². The second kappa shape index (κ2) is 5.89. The second-order valence-electron chi connectivity index (χ2n) is 3.83.